The van der Waals surface area contributed by atoms with E-state index in [0.717, 1.165) is 23.8 Å². The lowest BCUT2D eigenvalue weighted by atomic mass is 10.1. The third kappa shape index (κ3) is 4.84. The second-order valence-electron chi connectivity index (χ2n) is 8.13. The Kier molecular flexibility index (Phi) is 7.87. The predicted octanol–water partition coefficient (Wildman–Crippen LogP) is 0.221. The number of nitrogen functional groups attached to an aromatic ring is 1. The summed E-state index contributed by atoms with van der Waals surface area (Å²) in [5.74, 6) is -0.178. The summed E-state index contributed by atoms with van der Waals surface area (Å²) in [4.78, 5) is 32.2. The first-order valence-electron chi connectivity index (χ1n) is 11.0. The molecule has 174 valence electrons. The fourth-order valence-corrected chi connectivity index (χ4v) is 4.13. The number of nitrogens with zero attached hydrogens (tertiary/aromatic N) is 3. The van der Waals surface area contributed by atoms with Crippen molar-refractivity contribution in [3.05, 3.63) is 20.8 Å². The number of fused-ring (bicyclic) bond motifs is 1. The third-order valence-electron chi connectivity index (χ3n) is 5.84. The number of rotatable bonds is 11. The average molecular weight is 440 g/mol. The molecule has 6 N–H and O–H groups in total. The van der Waals surface area contributed by atoms with Crippen LogP contribution in [0, 0.1) is 0 Å². The van der Waals surface area contributed by atoms with Gasteiger partial charge in [0.2, 0.25) is 5.95 Å². The molecule has 1 saturated heterocycles. The van der Waals surface area contributed by atoms with E-state index in [1.807, 2.05) is 0 Å². The summed E-state index contributed by atoms with van der Waals surface area (Å²) in [7, 11) is 0. The highest BCUT2D eigenvalue weighted by atomic mass is 16.6. The summed E-state index contributed by atoms with van der Waals surface area (Å²) < 4.78 is 7.85. The molecule has 4 atom stereocenters. The molecular formula is C20H33N5O6. The smallest absolute Gasteiger partial charge is 0.332 e. The van der Waals surface area contributed by atoms with Crippen molar-refractivity contribution in [1.82, 2.24) is 19.1 Å². The Hall–Kier alpha value is -2.21. The van der Waals surface area contributed by atoms with Gasteiger partial charge in [-0.1, -0.05) is 51.9 Å². The van der Waals surface area contributed by atoms with Crippen LogP contribution in [-0.2, 0) is 11.3 Å². The van der Waals surface area contributed by atoms with E-state index in [2.05, 4.69) is 16.9 Å². The highest BCUT2D eigenvalue weighted by Gasteiger charge is 2.45. The summed E-state index contributed by atoms with van der Waals surface area (Å²) in [5, 5.41) is 29.8. The van der Waals surface area contributed by atoms with E-state index in [9.17, 15) is 24.9 Å². The van der Waals surface area contributed by atoms with Crippen molar-refractivity contribution >= 4 is 17.1 Å². The molecule has 0 spiro atoms. The van der Waals surface area contributed by atoms with E-state index >= 15 is 0 Å². The van der Waals surface area contributed by atoms with Crippen LogP contribution in [-0.4, -0.2) is 59.3 Å². The van der Waals surface area contributed by atoms with Gasteiger partial charge in [-0.05, 0) is 6.42 Å². The van der Waals surface area contributed by atoms with Gasteiger partial charge in [0.25, 0.3) is 5.56 Å². The molecule has 1 fully saturated rings. The number of aliphatic hydroxyl groups excluding tert-OH is 3. The molecule has 3 rings (SSSR count). The Morgan fingerprint density at radius 3 is 2.32 bits per heavy atom. The molecule has 0 aliphatic carbocycles. The molecule has 2 aromatic heterocycles. The van der Waals surface area contributed by atoms with Crippen molar-refractivity contribution < 1.29 is 20.1 Å². The second-order valence-corrected chi connectivity index (χ2v) is 8.13. The van der Waals surface area contributed by atoms with E-state index in [1.54, 1.807) is 0 Å². The Morgan fingerprint density at radius 2 is 1.71 bits per heavy atom. The van der Waals surface area contributed by atoms with Gasteiger partial charge >= 0.3 is 5.69 Å². The van der Waals surface area contributed by atoms with Crippen molar-refractivity contribution in [3.63, 3.8) is 0 Å². The van der Waals surface area contributed by atoms with E-state index in [-0.39, 0.29) is 17.1 Å². The van der Waals surface area contributed by atoms with Crippen LogP contribution in [0.5, 0.6) is 0 Å². The topological polar surface area (TPSA) is 169 Å². The molecular weight excluding hydrogens is 406 g/mol. The van der Waals surface area contributed by atoms with E-state index in [4.69, 9.17) is 10.5 Å². The molecule has 0 aromatic carbocycles. The van der Waals surface area contributed by atoms with Crippen LogP contribution in [0.1, 0.15) is 64.5 Å². The highest BCUT2D eigenvalue weighted by molar-refractivity contribution is 5.71. The zero-order chi connectivity index (χ0) is 22.5. The van der Waals surface area contributed by atoms with Gasteiger partial charge in [0.05, 0.1) is 6.61 Å². The number of hydrogen-bond donors (Lipinski definition) is 5. The van der Waals surface area contributed by atoms with Crippen LogP contribution in [0.3, 0.4) is 0 Å². The maximum absolute atomic E-state index is 13.2. The quantitative estimate of drug-likeness (QED) is 0.310. The van der Waals surface area contributed by atoms with Crippen molar-refractivity contribution in [1.29, 1.82) is 0 Å². The standard InChI is InChI=1S/C20H33N5O6/c1-2-3-4-5-6-7-8-9-10-24-13-16(22-19(21)23-17(13)29)25(20(24)30)18-15(28)14(27)12(11-26)31-18/h12,14-15,18,26-28H,2-11H2,1H3,(H3,21,22,23,29)/t12?,14-,15-,18?/m1/s1. The first kappa shape index (κ1) is 23.5. The SMILES string of the molecule is CCCCCCCCCCn1c(=O)n(C2OC(CO)[C@@H](O)[C@H]2O)c2nc(N)[nH]c(=O)c21. The number of imidazole rings is 1. The molecule has 0 bridgehead atoms. The lowest BCUT2D eigenvalue weighted by Crippen LogP contribution is -2.36. The fraction of sp³-hybridized carbons (Fsp3) is 0.750. The van der Waals surface area contributed by atoms with Crippen molar-refractivity contribution in [2.75, 3.05) is 12.3 Å². The number of aromatic nitrogens is 4. The largest absolute Gasteiger partial charge is 0.394 e. The van der Waals surface area contributed by atoms with Gasteiger partial charge < -0.3 is 25.8 Å². The minimum atomic E-state index is -1.47. The number of hydrogen-bond acceptors (Lipinski definition) is 8. The average Bonchev–Trinajstić information content (AvgIpc) is 3.17. The summed E-state index contributed by atoms with van der Waals surface area (Å²) in [6.45, 7) is 1.95. The van der Waals surface area contributed by atoms with Gasteiger partial charge in [0.1, 0.15) is 18.3 Å². The molecule has 11 nitrogen and oxygen atoms in total. The molecule has 0 saturated carbocycles. The second kappa shape index (κ2) is 10.4. The van der Waals surface area contributed by atoms with E-state index in [0.29, 0.717) is 13.0 Å². The van der Waals surface area contributed by atoms with Gasteiger partial charge in [0, 0.05) is 6.54 Å². The lowest BCUT2D eigenvalue weighted by molar-refractivity contribution is -0.0528. The monoisotopic (exact) mass is 439 g/mol. The van der Waals surface area contributed by atoms with Crippen LogP contribution in [0.2, 0.25) is 0 Å². The number of nitrogens with one attached hydrogen (secondary N) is 1. The normalized spacial score (nSPS) is 23.7. The molecule has 11 heteroatoms. The highest BCUT2D eigenvalue weighted by Crippen LogP contribution is 2.30. The molecule has 2 aromatic rings. The maximum Gasteiger partial charge on any atom is 0.332 e. The number of H-pyrrole nitrogens is 1. The summed E-state index contributed by atoms with van der Waals surface area (Å²) in [5.41, 5.74) is 4.54. The van der Waals surface area contributed by atoms with Gasteiger partial charge in [-0.15, -0.1) is 0 Å². The molecule has 1 aliphatic heterocycles. The Morgan fingerprint density at radius 1 is 1.06 bits per heavy atom. The van der Waals surface area contributed by atoms with Gasteiger partial charge in [-0.2, -0.15) is 4.98 Å². The van der Waals surface area contributed by atoms with Crippen LogP contribution < -0.4 is 17.0 Å². The first-order valence-corrected chi connectivity index (χ1v) is 11.0. The number of nitrogens with two attached hydrogens (primary N) is 1. The molecule has 31 heavy (non-hydrogen) atoms. The van der Waals surface area contributed by atoms with E-state index in [1.165, 1.54) is 30.3 Å². The zero-order valence-electron chi connectivity index (χ0n) is 17.9. The van der Waals surface area contributed by atoms with Crippen LogP contribution in [0.25, 0.3) is 11.2 Å². The Balaban J connectivity index is 1.83. The first-order chi connectivity index (χ1) is 14.9. The summed E-state index contributed by atoms with van der Waals surface area (Å²) in [6, 6.07) is 0. The van der Waals surface area contributed by atoms with Crippen LogP contribution in [0.4, 0.5) is 5.95 Å². The Labute approximate surface area is 179 Å². The zero-order valence-corrected chi connectivity index (χ0v) is 17.9. The molecule has 2 unspecified atom stereocenters. The third-order valence-corrected chi connectivity index (χ3v) is 5.84. The fourth-order valence-electron chi connectivity index (χ4n) is 4.13. The number of aryl methyl sites for hydroxylation is 1. The van der Waals surface area contributed by atoms with Crippen LogP contribution in [0.15, 0.2) is 9.59 Å². The van der Waals surface area contributed by atoms with Gasteiger partial charge in [-0.25, -0.2) is 9.36 Å². The van der Waals surface area contributed by atoms with Crippen LogP contribution >= 0.6 is 0 Å². The summed E-state index contributed by atoms with van der Waals surface area (Å²) >= 11 is 0. The number of anilines is 1. The van der Waals surface area contributed by atoms with Gasteiger partial charge in [-0.3, -0.25) is 14.3 Å². The van der Waals surface area contributed by atoms with Crippen molar-refractivity contribution in [2.45, 2.75) is 89.4 Å². The number of aliphatic hydroxyl groups is 3. The molecule has 1 aliphatic rings. The molecule has 0 radical (unpaired) electrons. The van der Waals surface area contributed by atoms with Crippen molar-refractivity contribution in [2.24, 2.45) is 0 Å². The van der Waals surface area contributed by atoms with Gasteiger partial charge in [0.15, 0.2) is 17.4 Å². The predicted molar refractivity (Wildman–Crippen MR) is 115 cm³/mol. The lowest BCUT2D eigenvalue weighted by Gasteiger charge is -2.15. The maximum atomic E-state index is 13.2. The van der Waals surface area contributed by atoms with Crippen molar-refractivity contribution in [3.8, 4) is 0 Å². The van der Waals surface area contributed by atoms with E-state index < -0.39 is 42.4 Å². The number of unbranched alkanes of at least 4 members (excludes halogenated alkanes) is 7. The molecule has 3 heterocycles. The number of aromatic amines is 1. The minimum absolute atomic E-state index is 0.0272. The molecule has 0 amide bonds. The Bertz CT molecular complexity index is 983. The summed E-state index contributed by atoms with van der Waals surface area (Å²) in [6.07, 6.45) is 3.47. The number of ether oxygens (including phenoxy) is 1. The minimum Gasteiger partial charge on any atom is -0.394 e.